The molecule has 2 aliphatic rings. The minimum absolute atomic E-state index is 0.106. The molecule has 0 aromatic heterocycles. The summed E-state index contributed by atoms with van der Waals surface area (Å²) in [4.78, 5) is 0. The fourth-order valence-corrected chi connectivity index (χ4v) is 2.01. The maximum atomic E-state index is 12.8. The second-order valence-electron chi connectivity index (χ2n) is 4.85. The molecule has 1 saturated carbocycles. The van der Waals surface area contributed by atoms with Gasteiger partial charge in [0.15, 0.2) is 11.5 Å². The van der Waals surface area contributed by atoms with Crippen molar-refractivity contribution in [3.8, 4) is 11.5 Å². The van der Waals surface area contributed by atoms with Crippen LogP contribution in [-0.4, -0.2) is 19.4 Å². The molecule has 0 saturated heterocycles. The number of nitrogens with one attached hydrogen (secondary N) is 1. The summed E-state index contributed by atoms with van der Waals surface area (Å²) in [7, 11) is 0. The Bertz CT molecular complexity index is 447. The third-order valence-electron chi connectivity index (χ3n) is 3.19. The molecule has 5 heteroatoms. The summed E-state index contributed by atoms with van der Waals surface area (Å²) in [6.45, 7) is 1.91. The van der Waals surface area contributed by atoms with Crippen LogP contribution in [0.4, 0.5) is 8.78 Å². The predicted octanol–water partition coefficient (Wildman–Crippen LogP) is 2.55. The fourth-order valence-electron chi connectivity index (χ4n) is 2.01. The normalized spacial score (nSPS) is 20.1. The van der Waals surface area contributed by atoms with Gasteiger partial charge >= 0.3 is 6.29 Å². The van der Waals surface area contributed by atoms with E-state index in [0.29, 0.717) is 0 Å². The Morgan fingerprint density at radius 1 is 1.22 bits per heavy atom. The van der Waals surface area contributed by atoms with Crippen molar-refractivity contribution in [2.24, 2.45) is 5.92 Å². The zero-order chi connectivity index (χ0) is 12.6. The van der Waals surface area contributed by atoms with Crippen LogP contribution in [0.1, 0.15) is 18.4 Å². The van der Waals surface area contributed by atoms with Crippen molar-refractivity contribution in [1.82, 2.24) is 5.32 Å². The second kappa shape index (κ2) is 4.39. The Morgan fingerprint density at radius 3 is 2.78 bits per heavy atom. The Kier molecular flexibility index (Phi) is 2.86. The molecule has 3 rings (SSSR count). The van der Waals surface area contributed by atoms with E-state index < -0.39 is 6.29 Å². The van der Waals surface area contributed by atoms with Gasteiger partial charge < -0.3 is 14.8 Å². The molecule has 1 fully saturated rings. The van der Waals surface area contributed by atoms with Gasteiger partial charge in [-0.15, -0.1) is 8.78 Å². The molecule has 1 aliphatic heterocycles. The number of fused-ring (bicyclic) bond motifs is 1. The van der Waals surface area contributed by atoms with Gasteiger partial charge in [0.1, 0.15) is 0 Å². The van der Waals surface area contributed by atoms with E-state index in [2.05, 4.69) is 14.8 Å². The number of benzene rings is 1. The summed E-state index contributed by atoms with van der Waals surface area (Å²) in [5, 5.41) is 3.36. The van der Waals surface area contributed by atoms with Crippen LogP contribution in [0.3, 0.4) is 0 Å². The summed E-state index contributed by atoms with van der Waals surface area (Å²) in [6.07, 6.45) is -0.0711. The topological polar surface area (TPSA) is 30.5 Å². The van der Waals surface area contributed by atoms with Gasteiger partial charge in [-0.2, -0.15) is 0 Å². The summed E-state index contributed by atoms with van der Waals surface area (Å²) < 4.78 is 34.4. The van der Waals surface area contributed by atoms with Crippen molar-refractivity contribution in [3.05, 3.63) is 23.8 Å². The van der Waals surface area contributed by atoms with Crippen molar-refractivity contribution in [2.75, 3.05) is 13.1 Å². The SMILES string of the molecule is FC1(F)Oc2ccc(CCNCC3CC3)cc2O1. The van der Waals surface area contributed by atoms with Crippen molar-refractivity contribution in [1.29, 1.82) is 0 Å². The van der Waals surface area contributed by atoms with Crippen LogP contribution in [0.5, 0.6) is 11.5 Å². The molecule has 1 aromatic carbocycles. The highest BCUT2D eigenvalue weighted by molar-refractivity contribution is 5.45. The molecular formula is C13H15F2NO2. The lowest BCUT2D eigenvalue weighted by Crippen LogP contribution is -2.25. The number of hydrogen-bond acceptors (Lipinski definition) is 3. The van der Waals surface area contributed by atoms with Crippen molar-refractivity contribution < 1.29 is 18.3 Å². The minimum Gasteiger partial charge on any atom is -0.395 e. The standard InChI is InChI=1S/C13H15F2NO2/c14-13(15)17-11-4-3-9(7-12(11)18-13)5-6-16-8-10-1-2-10/h3-4,7,10,16H,1-2,5-6,8H2. The Morgan fingerprint density at radius 2 is 2.00 bits per heavy atom. The van der Waals surface area contributed by atoms with Gasteiger partial charge in [-0.3, -0.25) is 0 Å². The third-order valence-corrected chi connectivity index (χ3v) is 3.19. The molecule has 98 valence electrons. The zero-order valence-corrected chi connectivity index (χ0v) is 9.92. The number of rotatable bonds is 5. The average molecular weight is 255 g/mol. The van der Waals surface area contributed by atoms with Gasteiger partial charge in [-0.25, -0.2) is 0 Å². The average Bonchev–Trinajstić information content (AvgIpc) is 3.06. The number of halogens is 2. The van der Waals surface area contributed by atoms with E-state index in [9.17, 15) is 8.78 Å². The van der Waals surface area contributed by atoms with E-state index in [0.717, 1.165) is 31.0 Å². The van der Waals surface area contributed by atoms with Gasteiger partial charge in [0.2, 0.25) is 0 Å². The highest BCUT2D eigenvalue weighted by Crippen LogP contribution is 2.41. The minimum atomic E-state index is -3.52. The molecule has 1 aromatic rings. The smallest absolute Gasteiger partial charge is 0.395 e. The van der Waals surface area contributed by atoms with E-state index in [1.807, 2.05) is 0 Å². The molecule has 1 heterocycles. The molecule has 0 unspecified atom stereocenters. The zero-order valence-electron chi connectivity index (χ0n) is 9.92. The maximum absolute atomic E-state index is 12.8. The molecule has 1 N–H and O–H groups in total. The van der Waals surface area contributed by atoms with E-state index >= 15 is 0 Å². The molecule has 1 aliphatic carbocycles. The summed E-state index contributed by atoms with van der Waals surface area (Å²) in [5.41, 5.74) is 0.971. The van der Waals surface area contributed by atoms with Gasteiger partial charge in [0.05, 0.1) is 0 Å². The Labute approximate surface area is 104 Å². The Hall–Kier alpha value is -1.36. The van der Waals surface area contributed by atoms with E-state index in [1.165, 1.54) is 18.9 Å². The van der Waals surface area contributed by atoms with Gasteiger partial charge in [-0.05, 0) is 56.0 Å². The molecule has 18 heavy (non-hydrogen) atoms. The second-order valence-corrected chi connectivity index (χ2v) is 4.85. The van der Waals surface area contributed by atoms with Crippen LogP contribution in [0.25, 0.3) is 0 Å². The van der Waals surface area contributed by atoms with E-state index in [-0.39, 0.29) is 11.5 Å². The molecule has 0 amide bonds. The number of hydrogen-bond donors (Lipinski definition) is 1. The van der Waals surface area contributed by atoms with Crippen molar-refractivity contribution in [3.63, 3.8) is 0 Å². The molecule has 0 radical (unpaired) electrons. The summed E-state index contributed by atoms with van der Waals surface area (Å²) >= 11 is 0. The lowest BCUT2D eigenvalue weighted by Gasteiger charge is -2.05. The first kappa shape index (κ1) is 11.7. The fraction of sp³-hybridized carbons (Fsp3) is 0.538. The number of ether oxygens (including phenoxy) is 2. The van der Waals surface area contributed by atoms with Gasteiger partial charge in [0.25, 0.3) is 0 Å². The van der Waals surface area contributed by atoms with Gasteiger partial charge in [-0.1, -0.05) is 6.07 Å². The van der Waals surface area contributed by atoms with Crippen LogP contribution >= 0.6 is 0 Å². The van der Waals surface area contributed by atoms with Crippen LogP contribution < -0.4 is 14.8 Å². The van der Waals surface area contributed by atoms with Crippen LogP contribution in [0.15, 0.2) is 18.2 Å². The first-order valence-corrected chi connectivity index (χ1v) is 6.22. The summed E-state index contributed by atoms with van der Waals surface area (Å²) in [6, 6.07) is 4.95. The number of alkyl halides is 2. The largest absolute Gasteiger partial charge is 0.586 e. The van der Waals surface area contributed by atoms with Crippen LogP contribution in [-0.2, 0) is 6.42 Å². The quantitative estimate of drug-likeness (QED) is 0.820. The molecular weight excluding hydrogens is 240 g/mol. The van der Waals surface area contributed by atoms with Crippen LogP contribution in [0.2, 0.25) is 0 Å². The van der Waals surface area contributed by atoms with E-state index in [4.69, 9.17) is 0 Å². The molecule has 0 spiro atoms. The first-order valence-electron chi connectivity index (χ1n) is 6.22. The highest BCUT2D eigenvalue weighted by atomic mass is 19.3. The monoisotopic (exact) mass is 255 g/mol. The lowest BCUT2D eigenvalue weighted by molar-refractivity contribution is -0.286. The highest BCUT2D eigenvalue weighted by Gasteiger charge is 2.43. The van der Waals surface area contributed by atoms with Crippen molar-refractivity contribution in [2.45, 2.75) is 25.6 Å². The predicted molar refractivity (Wildman–Crippen MR) is 61.9 cm³/mol. The van der Waals surface area contributed by atoms with E-state index in [1.54, 1.807) is 12.1 Å². The molecule has 0 bridgehead atoms. The summed E-state index contributed by atoms with van der Waals surface area (Å²) in [5.74, 6) is 1.08. The van der Waals surface area contributed by atoms with Gasteiger partial charge in [0, 0.05) is 0 Å². The molecule has 3 nitrogen and oxygen atoms in total. The maximum Gasteiger partial charge on any atom is 0.586 e. The van der Waals surface area contributed by atoms with Crippen LogP contribution in [0, 0.1) is 5.92 Å². The van der Waals surface area contributed by atoms with Crippen molar-refractivity contribution >= 4 is 0 Å². The lowest BCUT2D eigenvalue weighted by atomic mass is 10.1. The molecule has 0 atom stereocenters. The third kappa shape index (κ3) is 2.72. The Balaban J connectivity index is 1.54. The first-order chi connectivity index (χ1) is 8.62.